The van der Waals surface area contributed by atoms with Gasteiger partial charge in [-0.25, -0.2) is 0 Å². The Bertz CT molecular complexity index is 648. The number of phenolic OH excluding ortho intramolecular Hbond substituents is 1. The molecule has 0 atom stereocenters. The fourth-order valence-corrected chi connectivity index (χ4v) is 1.70. The van der Waals surface area contributed by atoms with Crippen LogP contribution in [0.1, 0.15) is 22.8 Å². The molecule has 5 nitrogen and oxygen atoms in total. The zero-order valence-corrected chi connectivity index (χ0v) is 10.9. The topological polar surface area (TPSA) is 81.9 Å². The number of hydrogen-bond acceptors (Lipinski definition) is 4. The van der Waals surface area contributed by atoms with Crippen molar-refractivity contribution in [2.24, 2.45) is 5.16 Å². The van der Waals surface area contributed by atoms with Crippen molar-refractivity contribution in [3.8, 4) is 5.75 Å². The average Bonchev–Trinajstić information content (AvgIpc) is 2.47. The normalized spacial score (nSPS) is 11.2. The summed E-state index contributed by atoms with van der Waals surface area (Å²) in [6, 6.07) is 13.0. The summed E-state index contributed by atoms with van der Waals surface area (Å²) < 4.78 is 0. The van der Waals surface area contributed by atoms with Crippen molar-refractivity contribution in [1.29, 1.82) is 0 Å². The second-order valence-electron chi connectivity index (χ2n) is 4.27. The van der Waals surface area contributed by atoms with Gasteiger partial charge >= 0.3 is 0 Å². The number of oxime groups is 1. The van der Waals surface area contributed by atoms with E-state index in [0.29, 0.717) is 17.0 Å². The molecule has 2 aromatic carbocycles. The van der Waals surface area contributed by atoms with Gasteiger partial charge in [0.25, 0.3) is 5.91 Å². The highest BCUT2D eigenvalue weighted by atomic mass is 16.4. The van der Waals surface area contributed by atoms with Crippen LogP contribution in [0, 0.1) is 0 Å². The minimum atomic E-state index is -0.277. The number of carbonyl (C=O) groups excluding carboxylic acids is 1. The Hall–Kier alpha value is -2.82. The molecule has 0 aliphatic rings. The molecule has 5 heteroatoms. The van der Waals surface area contributed by atoms with Crippen LogP contribution in [-0.2, 0) is 0 Å². The van der Waals surface area contributed by atoms with Crippen molar-refractivity contribution in [3.05, 3.63) is 59.7 Å². The van der Waals surface area contributed by atoms with Crippen LogP contribution < -0.4 is 5.32 Å². The summed E-state index contributed by atoms with van der Waals surface area (Å²) in [6.07, 6.45) is 0. The number of amides is 1. The van der Waals surface area contributed by atoms with Crippen LogP contribution in [0.2, 0.25) is 0 Å². The summed E-state index contributed by atoms with van der Waals surface area (Å²) in [6.45, 7) is 1.67. The lowest BCUT2D eigenvalue weighted by atomic mass is 10.1. The maximum atomic E-state index is 12.0. The number of carbonyl (C=O) groups is 1. The van der Waals surface area contributed by atoms with Gasteiger partial charge in [0.15, 0.2) is 0 Å². The van der Waals surface area contributed by atoms with Gasteiger partial charge in [0, 0.05) is 16.8 Å². The molecule has 0 aliphatic heterocycles. The van der Waals surface area contributed by atoms with Gasteiger partial charge in [-0.15, -0.1) is 0 Å². The van der Waals surface area contributed by atoms with Crippen LogP contribution in [0.4, 0.5) is 5.69 Å². The summed E-state index contributed by atoms with van der Waals surface area (Å²) in [4.78, 5) is 12.0. The predicted octanol–water partition coefficient (Wildman–Crippen LogP) is 2.84. The molecule has 0 radical (unpaired) electrons. The van der Waals surface area contributed by atoms with E-state index in [1.807, 2.05) is 0 Å². The van der Waals surface area contributed by atoms with Crippen LogP contribution in [0.3, 0.4) is 0 Å². The van der Waals surface area contributed by atoms with E-state index < -0.39 is 0 Å². The zero-order valence-electron chi connectivity index (χ0n) is 10.9. The van der Waals surface area contributed by atoms with E-state index in [4.69, 9.17) is 5.21 Å². The summed E-state index contributed by atoms with van der Waals surface area (Å²) in [5, 5.41) is 23.8. The second-order valence-corrected chi connectivity index (χ2v) is 4.27. The first-order valence-electron chi connectivity index (χ1n) is 5.99. The van der Waals surface area contributed by atoms with Gasteiger partial charge < -0.3 is 15.6 Å². The lowest BCUT2D eigenvalue weighted by Gasteiger charge is -2.07. The summed E-state index contributed by atoms with van der Waals surface area (Å²) in [7, 11) is 0. The van der Waals surface area contributed by atoms with E-state index in [9.17, 15) is 9.90 Å². The number of anilines is 1. The molecular formula is C15H14N2O3. The molecule has 0 aromatic heterocycles. The first kappa shape index (κ1) is 13.6. The zero-order chi connectivity index (χ0) is 14.5. The molecule has 0 saturated heterocycles. The van der Waals surface area contributed by atoms with Gasteiger partial charge in [0.2, 0.25) is 0 Å². The van der Waals surface area contributed by atoms with Crippen molar-refractivity contribution >= 4 is 17.3 Å². The molecule has 0 bridgehead atoms. The second kappa shape index (κ2) is 5.88. The van der Waals surface area contributed by atoms with Crippen LogP contribution in [0.25, 0.3) is 0 Å². The van der Waals surface area contributed by atoms with Gasteiger partial charge in [-0.1, -0.05) is 17.3 Å². The molecule has 1 amide bonds. The minimum absolute atomic E-state index is 0.110. The van der Waals surface area contributed by atoms with Crippen molar-refractivity contribution in [1.82, 2.24) is 0 Å². The van der Waals surface area contributed by atoms with Crippen LogP contribution in [0.5, 0.6) is 5.75 Å². The molecule has 0 spiro atoms. The van der Waals surface area contributed by atoms with Crippen LogP contribution >= 0.6 is 0 Å². The fourth-order valence-electron chi connectivity index (χ4n) is 1.70. The maximum Gasteiger partial charge on any atom is 0.255 e. The van der Waals surface area contributed by atoms with Crippen molar-refractivity contribution < 1.29 is 15.1 Å². The molecule has 20 heavy (non-hydrogen) atoms. The van der Waals surface area contributed by atoms with Crippen LogP contribution in [0.15, 0.2) is 53.7 Å². The van der Waals surface area contributed by atoms with Crippen molar-refractivity contribution in [2.75, 3.05) is 5.32 Å². The molecule has 2 rings (SSSR count). The van der Waals surface area contributed by atoms with Crippen LogP contribution in [-0.4, -0.2) is 21.9 Å². The number of phenols is 1. The molecule has 0 fully saturated rings. The molecule has 0 aliphatic carbocycles. The number of benzene rings is 2. The fraction of sp³-hybridized carbons (Fsp3) is 0.0667. The molecule has 0 saturated carbocycles. The highest BCUT2D eigenvalue weighted by Crippen LogP contribution is 2.15. The molecule has 3 N–H and O–H groups in total. The van der Waals surface area contributed by atoms with E-state index in [1.165, 1.54) is 24.3 Å². The quantitative estimate of drug-likeness (QED) is 0.455. The number of nitrogens with zero attached hydrogens (tertiary/aromatic N) is 1. The SMILES string of the molecule is C/C(=N\O)c1cccc(NC(=O)c2ccc(O)cc2)c1. The van der Waals surface area contributed by atoms with Gasteiger partial charge in [0.1, 0.15) is 5.75 Å². The minimum Gasteiger partial charge on any atom is -0.508 e. The third kappa shape index (κ3) is 3.14. The Morgan fingerprint density at radius 3 is 2.45 bits per heavy atom. The molecular weight excluding hydrogens is 256 g/mol. The highest BCUT2D eigenvalue weighted by Gasteiger charge is 2.07. The number of nitrogens with one attached hydrogen (secondary N) is 1. The van der Waals surface area contributed by atoms with Crippen molar-refractivity contribution in [2.45, 2.75) is 6.92 Å². The van der Waals surface area contributed by atoms with E-state index in [2.05, 4.69) is 10.5 Å². The Labute approximate surface area is 116 Å². The Kier molecular flexibility index (Phi) is 4.00. The van der Waals surface area contributed by atoms with E-state index >= 15 is 0 Å². The lowest BCUT2D eigenvalue weighted by molar-refractivity contribution is 0.102. The largest absolute Gasteiger partial charge is 0.508 e. The first-order valence-corrected chi connectivity index (χ1v) is 5.99. The highest BCUT2D eigenvalue weighted by molar-refractivity contribution is 6.05. The van der Waals surface area contributed by atoms with Gasteiger partial charge in [-0.05, 0) is 43.3 Å². The van der Waals surface area contributed by atoms with E-state index in [1.54, 1.807) is 31.2 Å². The number of rotatable bonds is 3. The summed E-state index contributed by atoms with van der Waals surface area (Å²) in [5.41, 5.74) is 2.23. The molecule has 102 valence electrons. The standard InChI is InChI=1S/C15H14N2O3/c1-10(17-20)12-3-2-4-13(9-12)16-15(19)11-5-7-14(18)8-6-11/h2-9,18,20H,1H3,(H,16,19)/b17-10+. The third-order valence-electron chi connectivity index (χ3n) is 2.82. The Balaban J connectivity index is 2.17. The first-order chi connectivity index (χ1) is 9.60. The smallest absolute Gasteiger partial charge is 0.255 e. The van der Waals surface area contributed by atoms with Crippen molar-refractivity contribution in [3.63, 3.8) is 0 Å². The Morgan fingerprint density at radius 2 is 1.80 bits per heavy atom. The van der Waals surface area contributed by atoms with Gasteiger partial charge in [-0.3, -0.25) is 4.79 Å². The molecule has 0 heterocycles. The summed E-state index contributed by atoms with van der Waals surface area (Å²) >= 11 is 0. The molecule has 2 aromatic rings. The number of aromatic hydroxyl groups is 1. The van der Waals surface area contributed by atoms with Gasteiger partial charge in [0.05, 0.1) is 5.71 Å². The van der Waals surface area contributed by atoms with E-state index in [0.717, 1.165) is 5.56 Å². The average molecular weight is 270 g/mol. The Morgan fingerprint density at radius 1 is 1.10 bits per heavy atom. The third-order valence-corrected chi connectivity index (χ3v) is 2.82. The predicted molar refractivity (Wildman–Crippen MR) is 76.5 cm³/mol. The summed E-state index contributed by atoms with van der Waals surface area (Å²) in [5.74, 6) is -0.168. The number of hydrogen-bond donors (Lipinski definition) is 3. The lowest BCUT2D eigenvalue weighted by Crippen LogP contribution is -2.12. The monoisotopic (exact) mass is 270 g/mol. The van der Waals surface area contributed by atoms with Gasteiger partial charge in [-0.2, -0.15) is 0 Å². The maximum absolute atomic E-state index is 12.0. The molecule has 0 unspecified atom stereocenters. The van der Waals surface area contributed by atoms with E-state index in [-0.39, 0.29) is 11.7 Å².